The predicted molar refractivity (Wildman–Crippen MR) is 89.0 cm³/mol. The molecular formula is C18H38FN. The molecule has 1 aliphatic heterocycles. The van der Waals surface area contributed by atoms with E-state index in [4.69, 9.17) is 0 Å². The van der Waals surface area contributed by atoms with Gasteiger partial charge in [-0.2, -0.15) is 0 Å². The molecule has 0 amide bonds. The fourth-order valence-corrected chi connectivity index (χ4v) is 3.34. The lowest BCUT2D eigenvalue weighted by atomic mass is 9.84. The van der Waals surface area contributed by atoms with E-state index in [-0.39, 0.29) is 0 Å². The van der Waals surface area contributed by atoms with Gasteiger partial charge in [0.2, 0.25) is 0 Å². The Labute approximate surface area is 127 Å². The Morgan fingerprint density at radius 2 is 1.35 bits per heavy atom. The fourth-order valence-electron chi connectivity index (χ4n) is 3.34. The van der Waals surface area contributed by atoms with Crippen molar-refractivity contribution in [2.45, 2.75) is 85.2 Å². The first-order valence-corrected chi connectivity index (χ1v) is 9.06. The Kier molecular flexibility index (Phi) is 12.5. The van der Waals surface area contributed by atoms with Crippen LogP contribution in [0.25, 0.3) is 0 Å². The molecule has 1 aliphatic carbocycles. The van der Waals surface area contributed by atoms with Gasteiger partial charge in [0.25, 0.3) is 0 Å². The average Bonchev–Trinajstić information content (AvgIpc) is 2.71. The molecule has 122 valence electrons. The van der Waals surface area contributed by atoms with E-state index in [2.05, 4.69) is 11.9 Å². The van der Waals surface area contributed by atoms with Crippen LogP contribution < -0.4 is 0 Å². The van der Waals surface area contributed by atoms with Gasteiger partial charge >= 0.3 is 0 Å². The van der Waals surface area contributed by atoms with E-state index in [0.717, 1.165) is 37.5 Å². The first kappa shape index (κ1) is 19.9. The van der Waals surface area contributed by atoms with Crippen LogP contribution in [0.15, 0.2) is 0 Å². The van der Waals surface area contributed by atoms with Crippen LogP contribution in [0.2, 0.25) is 0 Å². The van der Waals surface area contributed by atoms with Gasteiger partial charge in [0.1, 0.15) is 6.17 Å². The van der Waals surface area contributed by atoms with Crippen molar-refractivity contribution in [2.24, 2.45) is 11.8 Å². The van der Waals surface area contributed by atoms with E-state index < -0.39 is 6.17 Å². The fraction of sp³-hybridized carbons (Fsp3) is 1.00. The Morgan fingerprint density at radius 1 is 0.800 bits per heavy atom. The minimum atomic E-state index is -0.498. The number of hydrogen-bond donors (Lipinski definition) is 0. The van der Waals surface area contributed by atoms with Crippen molar-refractivity contribution in [3.8, 4) is 0 Å². The van der Waals surface area contributed by atoms with E-state index >= 15 is 0 Å². The van der Waals surface area contributed by atoms with Crippen LogP contribution in [-0.4, -0.2) is 31.2 Å². The van der Waals surface area contributed by atoms with Crippen molar-refractivity contribution in [2.75, 3.05) is 20.1 Å². The lowest BCUT2D eigenvalue weighted by molar-refractivity contribution is 0.189. The third-order valence-electron chi connectivity index (χ3n) is 4.52. The van der Waals surface area contributed by atoms with Crippen LogP contribution in [0.4, 0.5) is 4.39 Å². The lowest BCUT2D eigenvalue weighted by Crippen LogP contribution is -2.31. The molecule has 0 N–H and O–H groups in total. The summed E-state index contributed by atoms with van der Waals surface area (Å²) in [7, 11) is 2.22. The van der Waals surface area contributed by atoms with Crippen molar-refractivity contribution in [3.05, 3.63) is 0 Å². The monoisotopic (exact) mass is 287 g/mol. The van der Waals surface area contributed by atoms with Crippen molar-refractivity contribution in [1.29, 1.82) is 0 Å². The summed E-state index contributed by atoms with van der Waals surface area (Å²) in [5, 5.41) is 0. The van der Waals surface area contributed by atoms with E-state index in [1.165, 1.54) is 38.8 Å². The summed E-state index contributed by atoms with van der Waals surface area (Å²) in [5.41, 5.74) is 0. The highest BCUT2D eigenvalue weighted by Crippen LogP contribution is 2.32. The number of alkyl halides is 1. The smallest absolute Gasteiger partial charge is 0.100 e. The summed E-state index contributed by atoms with van der Waals surface area (Å²) in [6.45, 7) is 10.5. The first-order chi connectivity index (χ1) is 9.74. The second kappa shape index (κ2) is 12.6. The Bertz CT molecular complexity index is 200. The predicted octanol–water partition coefficient (Wildman–Crippen LogP) is 5.69. The zero-order chi connectivity index (χ0) is 15.4. The molecule has 0 spiro atoms. The second-order valence-corrected chi connectivity index (χ2v) is 5.95. The van der Waals surface area contributed by atoms with Crippen LogP contribution in [0, 0.1) is 11.8 Å². The molecule has 1 heterocycles. The second-order valence-electron chi connectivity index (χ2n) is 5.95. The van der Waals surface area contributed by atoms with Crippen LogP contribution in [0.3, 0.4) is 0 Å². The van der Waals surface area contributed by atoms with Gasteiger partial charge in [0, 0.05) is 0 Å². The molecule has 0 bridgehead atoms. The minimum Gasteiger partial charge on any atom is -0.306 e. The number of rotatable bonds is 2. The molecule has 2 heteroatoms. The molecule has 0 aromatic rings. The number of likely N-dealkylation sites (tertiary alicyclic amines) is 1. The zero-order valence-electron chi connectivity index (χ0n) is 14.6. The normalized spacial score (nSPS) is 28.5. The van der Waals surface area contributed by atoms with Gasteiger partial charge in [-0.15, -0.1) is 0 Å². The van der Waals surface area contributed by atoms with Gasteiger partial charge in [0.05, 0.1) is 0 Å². The summed E-state index contributed by atoms with van der Waals surface area (Å²) in [6.07, 6.45) is 8.82. The van der Waals surface area contributed by atoms with Gasteiger partial charge in [-0.25, -0.2) is 4.39 Å². The molecule has 0 aromatic heterocycles. The molecule has 2 unspecified atom stereocenters. The molecule has 2 rings (SSSR count). The molecule has 2 aliphatic rings. The number of hydrogen-bond acceptors (Lipinski definition) is 1. The highest BCUT2D eigenvalue weighted by Gasteiger charge is 2.23. The summed E-state index contributed by atoms with van der Waals surface area (Å²) >= 11 is 0. The summed E-state index contributed by atoms with van der Waals surface area (Å²) in [6, 6.07) is 0. The maximum Gasteiger partial charge on any atom is 0.100 e. The summed E-state index contributed by atoms with van der Waals surface area (Å²) < 4.78 is 13.2. The van der Waals surface area contributed by atoms with Crippen molar-refractivity contribution >= 4 is 0 Å². The highest BCUT2D eigenvalue weighted by molar-refractivity contribution is 4.76. The first-order valence-electron chi connectivity index (χ1n) is 9.06. The summed E-state index contributed by atoms with van der Waals surface area (Å²) in [4.78, 5) is 2.43. The van der Waals surface area contributed by atoms with E-state index in [1.807, 2.05) is 27.7 Å². The molecule has 2 atom stereocenters. The Hall–Kier alpha value is -0.110. The van der Waals surface area contributed by atoms with Gasteiger partial charge in [-0.05, 0) is 70.5 Å². The maximum atomic E-state index is 13.2. The zero-order valence-corrected chi connectivity index (χ0v) is 14.6. The van der Waals surface area contributed by atoms with E-state index in [9.17, 15) is 4.39 Å². The van der Waals surface area contributed by atoms with Crippen LogP contribution in [0.5, 0.6) is 0 Å². The van der Waals surface area contributed by atoms with Gasteiger partial charge in [-0.1, -0.05) is 40.5 Å². The third-order valence-corrected chi connectivity index (χ3v) is 4.52. The SMILES string of the molecule is CC.CC.CN1CCC(CC2CCCC(F)CC2)CC1. The van der Waals surface area contributed by atoms with E-state index in [0.29, 0.717) is 0 Å². The topological polar surface area (TPSA) is 3.24 Å². The molecule has 0 radical (unpaired) electrons. The number of nitrogens with zero attached hydrogens (tertiary/aromatic N) is 1. The minimum absolute atomic E-state index is 0.498. The maximum absolute atomic E-state index is 13.2. The molecule has 2 fully saturated rings. The van der Waals surface area contributed by atoms with Crippen LogP contribution in [0.1, 0.15) is 79.1 Å². The van der Waals surface area contributed by atoms with Crippen LogP contribution >= 0.6 is 0 Å². The van der Waals surface area contributed by atoms with Gasteiger partial charge < -0.3 is 4.90 Å². The largest absolute Gasteiger partial charge is 0.306 e. The standard InChI is InChI=1S/C14H26FN.2C2H6/c1-16-9-7-13(8-10-16)11-12-3-2-4-14(15)6-5-12;2*1-2/h12-14H,2-11H2,1H3;2*1-2H3. The third kappa shape index (κ3) is 8.24. The van der Waals surface area contributed by atoms with Crippen LogP contribution in [-0.2, 0) is 0 Å². The quantitative estimate of drug-likeness (QED) is 0.590. The molecule has 1 nitrogen and oxygen atoms in total. The molecule has 0 aromatic carbocycles. The Balaban J connectivity index is 0.000000829. The molecule has 1 saturated heterocycles. The van der Waals surface area contributed by atoms with Gasteiger partial charge in [0.15, 0.2) is 0 Å². The molecule has 20 heavy (non-hydrogen) atoms. The van der Waals surface area contributed by atoms with Gasteiger partial charge in [-0.3, -0.25) is 0 Å². The number of halogens is 1. The Morgan fingerprint density at radius 3 is 1.95 bits per heavy atom. The van der Waals surface area contributed by atoms with E-state index in [1.54, 1.807) is 0 Å². The molecular weight excluding hydrogens is 249 g/mol. The highest BCUT2D eigenvalue weighted by atomic mass is 19.1. The van der Waals surface area contributed by atoms with Crippen molar-refractivity contribution in [1.82, 2.24) is 4.90 Å². The average molecular weight is 288 g/mol. The number of piperidine rings is 1. The lowest BCUT2D eigenvalue weighted by Gasteiger charge is -2.31. The van der Waals surface area contributed by atoms with Crippen molar-refractivity contribution in [3.63, 3.8) is 0 Å². The molecule has 1 saturated carbocycles. The van der Waals surface area contributed by atoms with Crippen molar-refractivity contribution < 1.29 is 4.39 Å². The summed E-state index contributed by atoms with van der Waals surface area (Å²) in [5.74, 6) is 1.76.